The number of phenols is 1. The summed E-state index contributed by atoms with van der Waals surface area (Å²) in [5.74, 6) is 0.470. The minimum absolute atomic E-state index is 0.470. The van der Waals surface area contributed by atoms with E-state index < -0.39 is 0 Å². The molecule has 1 aromatic rings. The van der Waals surface area contributed by atoms with Crippen molar-refractivity contribution in [3.05, 3.63) is 29.3 Å². The second-order valence-corrected chi connectivity index (χ2v) is 11.3. The Morgan fingerprint density at radius 1 is 0.528 bits per heavy atom. The monoisotopic (exact) mass is 501 g/mol. The fraction of sp³-hybridized carbons (Fsp3) is 0.824. The van der Waals surface area contributed by atoms with E-state index in [-0.39, 0.29) is 0 Å². The van der Waals surface area contributed by atoms with Crippen LogP contribution in [-0.4, -0.2) is 11.7 Å². The van der Waals surface area contributed by atoms with Crippen molar-refractivity contribution in [1.82, 2.24) is 5.32 Å². The van der Waals surface area contributed by atoms with E-state index in [4.69, 9.17) is 0 Å². The van der Waals surface area contributed by atoms with Gasteiger partial charge in [-0.1, -0.05) is 161 Å². The van der Waals surface area contributed by atoms with Crippen LogP contribution in [0.2, 0.25) is 0 Å². The van der Waals surface area contributed by atoms with Gasteiger partial charge in [-0.3, -0.25) is 0 Å². The molecule has 2 N–H and O–H groups in total. The second kappa shape index (κ2) is 25.6. The fourth-order valence-electron chi connectivity index (χ4n) is 5.22. The zero-order chi connectivity index (χ0) is 25.9. The van der Waals surface area contributed by atoms with Crippen LogP contribution in [0.5, 0.6) is 5.75 Å². The summed E-state index contributed by atoms with van der Waals surface area (Å²) in [6.07, 6.45) is 33.0. The number of rotatable bonds is 27. The van der Waals surface area contributed by atoms with Crippen LogP contribution in [0, 0.1) is 0 Å². The van der Waals surface area contributed by atoms with Crippen molar-refractivity contribution in [2.24, 2.45) is 0 Å². The van der Waals surface area contributed by atoms with Gasteiger partial charge in [-0.2, -0.15) is 0 Å². The Morgan fingerprint density at radius 2 is 0.944 bits per heavy atom. The maximum atomic E-state index is 10.4. The van der Waals surface area contributed by atoms with Gasteiger partial charge >= 0.3 is 0 Å². The summed E-state index contributed by atoms with van der Waals surface area (Å²) < 4.78 is 0. The van der Waals surface area contributed by atoms with E-state index in [1.165, 1.54) is 153 Å². The molecule has 0 aliphatic carbocycles. The number of aromatic hydroxyl groups is 1. The molecule has 0 atom stereocenters. The van der Waals surface area contributed by atoms with Crippen molar-refractivity contribution in [2.45, 2.75) is 174 Å². The molecular formula is C34H63NO. The molecule has 0 heterocycles. The van der Waals surface area contributed by atoms with Gasteiger partial charge < -0.3 is 10.4 Å². The average molecular weight is 502 g/mol. The molecule has 0 saturated carbocycles. The predicted molar refractivity (Wildman–Crippen MR) is 161 cm³/mol. The SMILES string of the molecule is CCCCCCCCCCCCCCCc1ccc(CNCCCCCCCCCCCC)c(O)c1. The standard InChI is InChI=1S/C34H63NO/c1-3-5-7-9-11-13-15-16-17-18-20-22-24-26-32-27-28-33(34(36)30-32)31-35-29-25-23-21-19-14-12-10-8-6-4-2/h27-28,30,35-36H,3-26,29,31H2,1-2H3. The van der Waals surface area contributed by atoms with Crippen molar-refractivity contribution >= 4 is 0 Å². The second-order valence-electron chi connectivity index (χ2n) is 11.3. The summed E-state index contributed by atoms with van der Waals surface area (Å²) in [6.45, 7) is 6.41. The number of hydrogen-bond donors (Lipinski definition) is 2. The Bertz CT molecular complexity index is 585. The number of aryl methyl sites for hydroxylation is 1. The number of hydrogen-bond acceptors (Lipinski definition) is 2. The van der Waals surface area contributed by atoms with Gasteiger partial charge in [0.1, 0.15) is 5.75 Å². The Hall–Kier alpha value is -1.02. The summed E-state index contributed by atoms with van der Waals surface area (Å²) in [6, 6.07) is 6.34. The lowest BCUT2D eigenvalue weighted by molar-refractivity contribution is 0.462. The lowest BCUT2D eigenvalue weighted by Gasteiger charge is -2.09. The van der Waals surface area contributed by atoms with Crippen LogP contribution in [0.4, 0.5) is 0 Å². The molecule has 1 rings (SSSR count). The highest BCUT2D eigenvalue weighted by Gasteiger charge is 2.03. The zero-order valence-corrected chi connectivity index (χ0v) is 24.6. The van der Waals surface area contributed by atoms with Crippen LogP contribution >= 0.6 is 0 Å². The van der Waals surface area contributed by atoms with Gasteiger partial charge in [-0.25, -0.2) is 0 Å². The molecule has 0 bridgehead atoms. The molecule has 2 heteroatoms. The summed E-state index contributed by atoms with van der Waals surface area (Å²) in [4.78, 5) is 0. The lowest BCUT2D eigenvalue weighted by atomic mass is 10.0. The molecule has 0 saturated heterocycles. The van der Waals surface area contributed by atoms with Crippen molar-refractivity contribution in [3.63, 3.8) is 0 Å². The molecule has 1 aromatic carbocycles. The normalized spacial score (nSPS) is 11.4. The highest BCUT2D eigenvalue weighted by Crippen LogP contribution is 2.21. The van der Waals surface area contributed by atoms with Gasteiger partial charge in [-0.15, -0.1) is 0 Å². The first-order valence-corrected chi connectivity index (χ1v) is 16.3. The van der Waals surface area contributed by atoms with Gasteiger partial charge in [0.2, 0.25) is 0 Å². The molecule has 36 heavy (non-hydrogen) atoms. The quantitative estimate of drug-likeness (QED) is 0.117. The Labute approximate surface area is 226 Å². The van der Waals surface area contributed by atoms with E-state index in [2.05, 4.69) is 31.3 Å². The van der Waals surface area contributed by atoms with Crippen LogP contribution in [0.1, 0.15) is 173 Å². The highest BCUT2D eigenvalue weighted by molar-refractivity contribution is 5.36. The highest BCUT2D eigenvalue weighted by atomic mass is 16.3. The molecule has 0 aliphatic rings. The first-order chi connectivity index (χ1) is 17.8. The molecule has 0 radical (unpaired) electrons. The minimum atomic E-state index is 0.470. The molecule has 0 amide bonds. The van der Waals surface area contributed by atoms with E-state index in [0.29, 0.717) is 5.75 Å². The van der Waals surface area contributed by atoms with Gasteiger partial charge in [0.25, 0.3) is 0 Å². The van der Waals surface area contributed by atoms with E-state index in [1.807, 2.05) is 6.07 Å². The molecule has 210 valence electrons. The first kappa shape index (κ1) is 33.0. The van der Waals surface area contributed by atoms with Crippen molar-refractivity contribution in [2.75, 3.05) is 6.54 Å². The van der Waals surface area contributed by atoms with E-state index in [0.717, 1.165) is 25.1 Å². The average Bonchev–Trinajstić information content (AvgIpc) is 2.88. The van der Waals surface area contributed by atoms with E-state index in [9.17, 15) is 5.11 Å². The number of nitrogens with one attached hydrogen (secondary N) is 1. The zero-order valence-electron chi connectivity index (χ0n) is 24.6. The van der Waals surface area contributed by atoms with Gasteiger partial charge in [0.05, 0.1) is 0 Å². The van der Waals surface area contributed by atoms with Crippen LogP contribution in [0.15, 0.2) is 18.2 Å². The third-order valence-corrected chi connectivity index (χ3v) is 7.74. The van der Waals surface area contributed by atoms with E-state index in [1.54, 1.807) is 0 Å². The maximum absolute atomic E-state index is 10.4. The molecule has 0 unspecified atom stereocenters. The lowest BCUT2D eigenvalue weighted by Crippen LogP contribution is -2.14. The molecule has 0 spiro atoms. The molecular weight excluding hydrogens is 438 g/mol. The van der Waals surface area contributed by atoms with Crippen LogP contribution in [0.25, 0.3) is 0 Å². The minimum Gasteiger partial charge on any atom is -0.508 e. The van der Waals surface area contributed by atoms with Gasteiger partial charge in [0.15, 0.2) is 0 Å². The number of benzene rings is 1. The Kier molecular flexibility index (Phi) is 23.5. The van der Waals surface area contributed by atoms with E-state index >= 15 is 0 Å². The number of unbranched alkanes of at least 4 members (excludes halogenated alkanes) is 21. The molecule has 2 nitrogen and oxygen atoms in total. The van der Waals surface area contributed by atoms with Crippen LogP contribution in [0.3, 0.4) is 0 Å². The van der Waals surface area contributed by atoms with Gasteiger partial charge in [-0.05, 0) is 37.4 Å². The van der Waals surface area contributed by atoms with Gasteiger partial charge in [0, 0.05) is 12.1 Å². The Balaban J connectivity index is 1.94. The van der Waals surface area contributed by atoms with Crippen LogP contribution in [-0.2, 0) is 13.0 Å². The van der Waals surface area contributed by atoms with Crippen molar-refractivity contribution in [3.8, 4) is 5.75 Å². The smallest absolute Gasteiger partial charge is 0.120 e. The fourth-order valence-corrected chi connectivity index (χ4v) is 5.22. The summed E-state index contributed by atoms with van der Waals surface area (Å²) in [5.41, 5.74) is 2.32. The van der Waals surface area contributed by atoms with Crippen molar-refractivity contribution < 1.29 is 5.11 Å². The summed E-state index contributed by atoms with van der Waals surface area (Å²) in [5, 5.41) is 14.0. The number of phenolic OH excluding ortho intramolecular Hbond substituents is 1. The molecule has 0 aromatic heterocycles. The maximum Gasteiger partial charge on any atom is 0.120 e. The van der Waals surface area contributed by atoms with Crippen molar-refractivity contribution in [1.29, 1.82) is 0 Å². The molecule has 0 fully saturated rings. The predicted octanol–water partition coefficient (Wildman–Crippen LogP) is 11.0. The summed E-state index contributed by atoms with van der Waals surface area (Å²) >= 11 is 0. The third-order valence-electron chi connectivity index (χ3n) is 7.74. The topological polar surface area (TPSA) is 32.3 Å². The third kappa shape index (κ3) is 20.1. The summed E-state index contributed by atoms with van der Waals surface area (Å²) in [7, 11) is 0. The van der Waals surface area contributed by atoms with Crippen LogP contribution < -0.4 is 5.32 Å². The largest absolute Gasteiger partial charge is 0.508 e. The Morgan fingerprint density at radius 3 is 1.39 bits per heavy atom. The first-order valence-electron chi connectivity index (χ1n) is 16.3. The molecule has 0 aliphatic heterocycles.